The molecular formula is C66H123NO5. The molecule has 0 saturated carbocycles. The molecule has 0 aromatic carbocycles. The largest absolute Gasteiger partial charge is 0.466 e. The number of unbranched alkanes of at least 4 members (excludes halogenated alkanes) is 42. The van der Waals surface area contributed by atoms with Crippen molar-refractivity contribution >= 4 is 11.9 Å². The first kappa shape index (κ1) is 69.8. The number of amides is 1. The van der Waals surface area contributed by atoms with E-state index in [0.29, 0.717) is 19.4 Å². The smallest absolute Gasteiger partial charge is 0.305 e. The van der Waals surface area contributed by atoms with Gasteiger partial charge < -0.3 is 20.3 Å². The van der Waals surface area contributed by atoms with Crippen LogP contribution < -0.4 is 5.32 Å². The monoisotopic (exact) mass is 1010 g/mol. The van der Waals surface area contributed by atoms with Crippen molar-refractivity contribution in [2.45, 2.75) is 347 Å². The first-order valence-corrected chi connectivity index (χ1v) is 31.9. The molecule has 2 atom stereocenters. The third-order valence-electron chi connectivity index (χ3n) is 14.5. The highest BCUT2D eigenvalue weighted by Crippen LogP contribution is 2.17. The van der Waals surface area contributed by atoms with Crippen molar-refractivity contribution < 1.29 is 24.5 Å². The molecule has 0 aromatic rings. The predicted molar refractivity (Wildman–Crippen MR) is 315 cm³/mol. The fraction of sp³-hybridized carbons (Fsp3) is 0.848. The molecule has 1 amide bonds. The molecule has 0 aliphatic carbocycles. The highest BCUT2D eigenvalue weighted by molar-refractivity contribution is 5.76. The van der Waals surface area contributed by atoms with E-state index >= 15 is 0 Å². The van der Waals surface area contributed by atoms with Crippen molar-refractivity contribution in [2.75, 3.05) is 13.2 Å². The molecule has 6 nitrogen and oxygen atoms in total. The molecule has 0 aliphatic rings. The van der Waals surface area contributed by atoms with Crippen LogP contribution >= 0.6 is 0 Å². The SMILES string of the molecule is CCC/C=C\C/C=C\CCCCCCCC(=O)OCCCCCCCC/C=C\CCCCCCCCCC(=O)NC(CO)C(O)/C=C/CCCCCCCCCCCCCCCCCCCCCCCCC. The van der Waals surface area contributed by atoms with E-state index in [2.05, 4.69) is 55.6 Å². The van der Waals surface area contributed by atoms with Crippen LogP contribution in [0.3, 0.4) is 0 Å². The zero-order valence-electron chi connectivity index (χ0n) is 48.2. The maximum absolute atomic E-state index is 12.5. The summed E-state index contributed by atoms with van der Waals surface area (Å²) in [6, 6.07) is -0.640. The molecule has 0 aliphatic heterocycles. The topological polar surface area (TPSA) is 95.9 Å². The molecule has 422 valence electrons. The number of hydrogen-bond donors (Lipinski definition) is 3. The Hall–Kier alpha value is -2.18. The van der Waals surface area contributed by atoms with E-state index in [0.717, 1.165) is 70.6 Å². The second-order valence-electron chi connectivity index (χ2n) is 21.7. The van der Waals surface area contributed by atoms with Crippen LogP contribution in [0.25, 0.3) is 0 Å². The molecule has 0 aromatic heterocycles. The van der Waals surface area contributed by atoms with Gasteiger partial charge >= 0.3 is 5.97 Å². The van der Waals surface area contributed by atoms with Gasteiger partial charge in [0.05, 0.1) is 25.4 Å². The lowest BCUT2D eigenvalue weighted by atomic mass is 10.0. The molecule has 0 fully saturated rings. The zero-order chi connectivity index (χ0) is 52.2. The lowest BCUT2D eigenvalue weighted by Gasteiger charge is -2.20. The third kappa shape index (κ3) is 57.1. The number of allylic oxidation sites excluding steroid dienone is 7. The van der Waals surface area contributed by atoms with Gasteiger partial charge in [0.1, 0.15) is 0 Å². The van der Waals surface area contributed by atoms with E-state index in [4.69, 9.17) is 4.74 Å². The number of ether oxygens (including phenoxy) is 1. The molecule has 0 heterocycles. The van der Waals surface area contributed by atoms with E-state index < -0.39 is 12.1 Å². The number of hydrogen-bond acceptors (Lipinski definition) is 5. The van der Waals surface area contributed by atoms with Crippen LogP contribution in [0.1, 0.15) is 335 Å². The fourth-order valence-corrected chi connectivity index (χ4v) is 9.67. The van der Waals surface area contributed by atoms with E-state index in [-0.39, 0.29) is 18.5 Å². The first-order valence-electron chi connectivity index (χ1n) is 31.9. The average molecular weight is 1010 g/mol. The van der Waals surface area contributed by atoms with Gasteiger partial charge in [-0.3, -0.25) is 9.59 Å². The van der Waals surface area contributed by atoms with E-state index in [1.54, 1.807) is 6.08 Å². The van der Waals surface area contributed by atoms with Crippen LogP contribution in [0.5, 0.6) is 0 Å². The Morgan fingerprint density at radius 1 is 0.389 bits per heavy atom. The summed E-state index contributed by atoms with van der Waals surface area (Å²) in [5.41, 5.74) is 0. The summed E-state index contributed by atoms with van der Waals surface area (Å²) < 4.78 is 5.46. The van der Waals surface area contributed by atoms with Gasteiger partial charge in [0.15, 0.2) is 0 Å². The van der Waals surface area contributed by atoms with Gasteiger partial charge in [-0.15, -0.1) is 0 Å². The molecule has 0 rings (SSSR count). The Morgan fingerprint density at radius 2 is 0.722 bits per heavy atom. The standard InChI is InChI=1S/C66H123NO5/c1-3-5-7-9-11-13-15-17-18-19-20-21-22-23-24-25-26-28-31-35-38-42-46-50-54-58-64(69)63(62-68)67-65(70)59-55-51-47-43-39-36-32-29-27-30-33-37-41-45-49-53-57-61-72-66(71)60-56-52-48-44-40-34-16-14-12-10-8-6-4-2/h8,10,14,16,27,30,54,58,63-64,68-69H,3-7,9,11-13,15,17-26,28-29,31-53,55-57,59-62H2,1-2H3,(H,67,70)/b10-8-,16-14-,30-27-,58-54+. The van der Waals surface area contributed by atoms with Crippen LogP contribution in [-0.4, -0.2) is 47.4 Å². The Labute approximate surface area is 448 Å². The normalized spacial score (nSPS) is 12.9. The highest BCUT2D eigenvalue weighted by atomic mass is 16.5. The lowest BCUT2D eigenvalue weighted by molar-refractivity contribution is -0.143. The average Bonchev–Trinajstić information content (AvgIpc) is 3.38. The Balaban J connectivity index is 3.49. The van der Waals surface area contributed by atoms with Crippen molar-refractivity contribution in [3.8, 4) is 0 Å². The van der Waals surface area contributed by atoms with E-state index in [9.17, 15) is 19.8 Å². The number of aliphatic hydroxyl groups is 2. The van der Waals surface area contributed by atoms with Crippen molar-refractivity contribution in [2.24, 2.45) is 0 Å². The summed E-state index contributed by atoms with van der Waals surface area (Å²) in [7, 11) is 0. The van der Waals surface area contributed by atoms with E-state index in [1.165, 1.54) is 238 Å². The Morgan fingerprint density at radius 3 is 1.12 bits per heavy atom. The minimum atomic E-state index is -0.855. The summed E-state index contributed by atoms with van der Waals surface area (Å²) in [4.78, 5) is 24.5. The number of esters is 1. The van der Waals surface area contributed by atoms with Gasteiger partial charge in [-0.05, 0) is 83.5 Å². The minimum Gasteiger partial charge on any atom is -0.466 e. The second kappa shape index (κ2) is 61.4. The molecule has 0 bridgehead atoms. The quantitative estimate of drug-likeness (QED) is 0.0320. The Kier molecular flexibility index (Phi) is 59.5. The Bertz CT molecular complexity index is 1210. The second-order valence-corrected chi connectivity index (χ2v) is 21.7. The highest BCUT2D eigenvalue weighted by Gasteiger charge is 2.18. The zero-order valence-corrected chi connectivity index (χ0v) is 48.2. The number of nitrogens with one attached hydrogen (secondary N) is 1. The van der Waals surface area contributed by atoms with Crippen molar-refractivity contribution in [1.29, 1.82) is 0 Å². The van der Waals surface area contributed by atoms with Crippen LogP contribution in [0.15, 0.2) is 48.6 Å². The van der Waals surface area contributed by atoms with Crippen LogP contribution in [0.2, 0.25) is 0 Å². The van der Waals surface area contributed by atoms with Gasteiger partial charge in [0.25, 0.3) is 0 Å². The molecule has 2 unspecified atom stereocenters. The maximum Gasteiger partial charge on any atom is 0.305 e. The summed E-state index contributed by atoms with van der Waals surface area (Å²) in [5.74, 6) is -0.0961. The van der Waals surface area contributed by atoms with Crippen LogP contribution in [0.4, 0.5) is 0 Å². The van der Waals surface area contributed by atoms with Gasteiger partial charge in [-0.1, -0.05) is 287 Å². The van der Waals surface area contributed by atoms with Gasteiger partial charge in [0, 0.05) is 12.8 Å². The number of aliphatic hydroxyl groups excluding tert-OH is 2. The van der Waals surface area contributed by atoms with Crippen LogP contribution in [-0.2, 0) is 14.3 Å². The van der Waals surface area contributed by atoms with Crippen molar-refractivity contribution in [1.82, 2.24) is 5.32 Å². The third-order valence-corrected chi connectivity index (χ3v) is 14.5. The van der Waals surface area contributed by atoms with Crippen LogP contribution in [0, 0.1) is 0 Å². The number of carbonyl (C=O) groups is 2. The van der Waals surface area contributed by atoms with Gasteiger partial charge in [-0.2, -0.15) is 0 Å². The van der Waals surface area contributed by atoms with Gasteiger partial charge in [-0.25, -0.2) is 0 Å². The minimum absolute atomic E-state index is 0.0180. The first-order chi connectivity index (χ1) is 35.5. The summed E-state index contributed by atoms with van der Waals surface area (Å²) in [5, 5.41) is 23.2. The summed E-state index contributed by atoms with van der Waals surface area (Å²) >= 11 is 0. The van der Waals surface area contributed by atoms with Gasteiger partial charge in [0.2, 0.25) is 5.91 Å². The molecule has 6 heteroatoms. The lowest BCUT2D eigenvalue weighted by Crippen LogP contribution is -2.45. The molecule has 0 radical (unpaired) electrons. The number of rotatable bonds is 59. The predicted octanol–water partition coefficient (Wildman–Crippen LogP) is 20.1. The molecule has 3 N–H and O–H groups in total. The van der Waals surface area contributed by atoms with Crippen molar-refractivity contribution in [3.05, 3.63) is 48.6 Å². The summed E-state index contributed by atoms with van der Waals surface area (Å²) in [6.07, 6.45) is 78.7. The molecule has 0 saturated heterocycles. The fourth-order valence-electron chi connectivity index (χ4n) is 9.67. The summed E-state index contributed by atoms with van der Waals surface area (Å²) in [6.45, 7) is 4.83. The molecular weight excluding hydrogens is 887 g/mol. The van der Waals surface area contributed by atoms with Crippen molar-refractivity contribution in [3.63, 3.8) is 0 Å². The molecule has 0 spiro atoms. The number of carbonyl (C=O) groups excluding carboxylic acids is 2. The van der Waals surface area contributed by atoms with E-state index in [1.807, 2.05) is 6.08 Å². The maximum atomic E-state index is 12.5. The molecule has 72 heavy (non-hydrogen) atoms.